The van der Waals surface area contributed by atoms with E-state index in [-0.39, 0.29) is 4.90 Å². The van der Waals surface area contributed by atoms with Crippen LogP contribution < -0.4 is 5.32 Å². The lowest BCUT2D eigenvalue weighted by Gasteiger charge is -2.06. The van der Waals surface area contributed by atoms with Crippen molar-refractivity contribution in [3.8, 4) is 23.0 Å². The van der Waals surface area contributed by atoms with Gasteiger partial charge in [0.05, 0.1) is 0 Å². The fraction of sp³-hybridized carbons (Fsp3) is 0. The highest BCUT2D eigenvalue weighted by atomic mass is 32.2. The lowest BCUT2D eigenvalue weighted by atomic mass is 10.1. The Kier molecular flexibility index (Phi) is 4.30. The summed E-state index contributed by atoms with van der Waals surface area (Å²) in [5.74, 6) is 1.06. The molecule has 0 saturated carbocycles. The Balaban J connectivity index is 1.28. The van der Waals surface area contributed by atoms with Crippen molar-refractivity contribution in [3.05, 3.63) is 90.6 Å². The van der Waals surface area contributed by atoms with Gasteiger partial charge in [-0.25, -0.2) is 0 Å². The molecule has 3 heterocycles. The summed E-state index contributed by atoms with van der Waals surface area (Å²) in [5, 5.41) is 9.17. The molecule has 0 unspecified atom stereocenters. The number of sulfonamides is 1. The minimum atomic E-state index is -3.68. The van der Waals surface area contributed by atoms with Gasteiger partial charge in [-0.1, -0.05) is 41.6 Å². The number of fused-ring (bicyclic) bond motifs is 2. The molecule has 8 nitrogen and oxygen atoms in total. The average Bonchev–Trinajstić information content (AvgIpc) is 3.43. The SMILES string of the molecule is O=S1(=O)N=C(Nc2ccc(-c3nc(-c4nccc5ccccc45)no3)cc2)c2ccccc21. The van der Waals surface area contributed by atoms with Gasteiger partial charge in [0.15, 0.2) is 5.84 Å². The van der Waals surface area contributed by atoms with E-state index in [0.717, 1.165) is 16.3 Å². The second-order valence-corrected chi connectivity index (χ2v) is 8.99. The molecule has 1 aliphatic heterocycles. The van der Waals surface area contributed by atoms with E-state index in [4.69, 9.17) is 4.52 Å². The van der Waals surface area contributed by atoms with Gasteiger partial charge in [0, 0.05) is 28.4 Å². The van der Waals surface area contributed by atoms with Crippen LogP contribution in [0.2, 0.25) is 0 Å². The van der Waals surface area contributed by atoms with Crippen molar-refractivity contribution in [1.29, 1.82) is 0 Å². The zero-order chi connectivity index (χ0) is 22.4. The predicted molar refractivity (Wildman–Crippen MR) is 124 cm³/mol. The van der Waals surface area contributed by atoms with Crippen molar-refractivity contribution >= 4 is 32.3 Å². The molecule has 0 radical (unpaired) electrons. The Bertz CT molecular complexity index is 1650. The maximum Gasteiger partial charge on any atom is 0.285 e. The number of nitrogens with one attached hydrogen (secondary N) is 1. The van der Waals surface area contributed by atoms with E-state index < -0.39 is 10.0 Å². The molecule has 0 amide bonds. The molecule has 0 atom stereocenters. The molecule has 1 aliphatic rings. The van der Waals surface area contributed by atoms with Gasteiger partial charge in [0.25, 0.3) is 15.9 Å². The molecule has 0 bridgehead atoms. The first-order valence-electron chi connectivity index (χ1n) is 10.1. The number of amidine groups is 1. The third-order valence-electron chi connectivity index (χ3n) is 5.34. The van der Waals surface area contributed by atoms with Crippen LogP contribution in [0, 0.1) is 0 Å². The van der Waals surface area contributed by atoms with E-state index in [2.05, 4.69) is 24.8 Å². The molecule has 9 heteroatoms. The first-order chi connectivity index (χ1) is 16.1. The molecule has 0 saturated heterocycles. The second kappa shape index (κ2) is 7.35. The number of rotatable bonds is 3. The molecule has 5 aromatic rings. The number of anilines is 1. The zero-order valence-corrected chi connectivity index (χ0v) is 17.8. The minimum Gasteiger partial charge on any atom is -0.339 e. The number of nitrogens with zero attached hydrogens (tertiary/aromatic N) is 4. The summed E-state index contributed by atoms with van der Waals surface area (Å²) in [7, 11) is -3.68. The Morgan fingerprint density at radius 2 is 1.64 bits per heavy atom. The van der Waals surface area contributed by atoms with Gasteiger partial charge in [-0.2, -0.15) is 13.4 Å². The summed E-state index contributed by atoms with van der Waals surface area (Å²) in [4.78, 5) is 9.15. The Morgan fingerprint density at radius 3 is 2.52 bits per heavy atom. The lowest BCUT2D eigenvalue weighted by molar-refractivity contribution is 0.432. The Labute approximate surface area is 188 Å². The topological polar surface area (TPSA) is 110 Å². The van der Waals surface area contributed by atoms with Gasteiger partial charge in [0.1, 0.15) is 10.6 Å². The highest BCUT2D eigenvalue weighted by Crippen LogP contribution is 2.29. The van der Waals surface area contributed by atoms with Crippen molar-refractivity contribution in [2.45, 2.75) is 4.90 Å². The summed E-state index contributed by atoms with van der Waals surface area (Å²) < 4.78 is 33.8. The number of hydrogen-bond acceptors (Lipinski definition) is 7. The van der Waals surface area contributed by atoms with Crippen molar-refractivity contribution < 1.29 is 12.9 Å². The largest absolute Gasteiger partial charge is 0.339 e. The van der Waals surface area contributed by atoms with Crippen LogP contribution in [0.5, 0.6) is 0 Å². The number of aromatic nitrogens is 3. The van der Waals surface area contributed by atoms with E-state index in [1.165, 1.54) is 0 Å². The van der Waals surface area contributed by atoms with Gasteiger partial charge in [-0.3, -0.25) is 4.98 Å². The Morgan fingerprint density at radius 1 is 0.848 bits per heavy atom. The molecule has 3 aromatic carbocycles. The summed E-state index contributed by atoms with van der Waals surface area (Å²) in [6.07, 6.45) is 1.72. The van der Waals surface area contributed by atoms with E-state index in [1.54, 1.807) is 42.6 Å². The number of benzene rings is 3. The van der Waals surface area contributed by atoms with Gasteiger partial charge >= 0.3 is 0 Å². The summed E-state index contributed by atoms with van der Waals surface area (Å²) in [6.45, 7) is 0. The van der Waals surface area contributed by atoms with Crippen molar-refractivity contribution in [2.24, 2.45) is 4.40 Å². The van der Waals surface area contributed by atoms with E-state index in [1.807, 2.05) is 42.5 Å². The van der Waals surface area contributed by atoms with E-state index >= 15 is 0 Å². The lowest BCUT2D eigenvalue weighted by Crippen LogP contribution is -2.11. The fourth-order valence-electron chi connectivity index (χ4n) is 3.76. The molecule has 0 spiro atoms. The van der Waals surface area contributed by atoms with Gasteiger partial charge in [-0.05, 0) is 47.9 Å². The summed E-state index contributed by atoms with van der Waals surface area (Å²) >= 11 is 0. The van der Waals surface area contributed by atoms with Gasteiger partial charge in [0.2, 0.25) is 5.82 Å². The van der Waals surface area contributed by atoms with Crippen LogP contribution in [0.4, 0.5) is 5.69 Å². The van der Waals surface area contributed by atoms with E-state index in [9.17, 15) is 8.42 Å². The molecule has 0 fully saturated rings. The monoisotopic (exact) mass is 453 g/mol. The first-order valence-corrected chi connectivity index (χ1v) is 11.5. The van der Waals surface area contributed by atoms with E-state index in [0.29, 0.717) is 34.5 Å². The van der Waals surface area contributed by atoms with Crippen LogP contribution in [0.15, 0.2) is 98.9 Å². The third kappa shape index (κ3) is 3.35. The summed E-state index contributed by atoms with van der Waals surface area (Å²) in [6, 6.07) is 23.8. The Hall–Kier alpha value is -4.37. The molecule has 0 aliphatic carbocycles. The molecule has 6 rings (SSSR count). The second-order valence-electron chi connectivity index (χ2n) is 7.42. The first kappa shape index (κ1) is 19.3. The van der Waals surface area contributed by atoms with Gasteiger partial charge in [-0.15, -0.1) is 4.40 Å². The highest BCUT2D eigenvalue weighted by molar-refractivity contribution is 7.90. The maximum atomic E-state index is 12.2. The standard InChI is InChI=1S/C24H15N5O3S/c30-33(31)20-8-4-3-7-19(20)22(29-33)26-17-11-9-16(10-12-17)24-27-23(28-32-24)21-18-6-2-1-5-15(18)13-14-25-21/h1-14H,(H,26,29). The predicted octanol–water partition coefficient (Wildman–Crippen LogP) is 4.51. The normalized spacial score (nSPS) is 14.1. The highest BCUT2D eigenvalue weighted by Gasteiger charge is 2.28. The van der Waals surface area contributed by atoms with Crippen molar-refractivity contribution in [3.63, 3.8) is 0 Å². The molecule has 1 N–H and O–H groups in total. The number of hydrogen-bond donors (Lipinski definition) is 1. The molecule has 160 valence electrons. The maximum absolute atomic E-state index is 12.2. The summed E-state index contributed by atoms with van der Waals surface area (Å²) in [5.41, 5.74) is 2.60. The fourth-order valence-corrected chi connectivity index (χ4v) is 4.94. The number of pyridine rings is 1. The quantitative estimate of drug-likeness (QED) is 0.428. The van der Waals surface area contributed by atoms with Crippen LogP contribution >= 0.6 is 0 Å². The van der Waals surface area contributed by atoms with Gasteiger partial charge < -0.3 is 9.84 Å². The molecular formula is C24H15N5O3S. The molecule has 33 heavy (non-hydrogen) atoms. The van der Waals surface area contributed by atoms with Crippen LogP contribution in [-0.4, -0.2) is 29.4 Å². The average molecular weight is 453 g/mol. The molecular weight excluding hydrogens is 438 g/mol. The third-order valence-corrected chi connectivity index (χ3v) is 6.67. The molecule has 2 aromatic heterocycles. The smallest absolute Gasteiger partial charge is 0.285 e. The van der Waals surface area contributed by atoms with Crippen LogP contribution in [0.3, 0.4) is 0 Å². The van der Waals surface area contributed by atoms with Crippen LogP contribution in [0.1, 0.15) is 5.56 Å². The van der Waals surface area contributed by atoms with Crippen molar-refractivity contribution in [1.82, 2.24) is 15.1 Å². The van der Waals surface area contributed by atoms with Crippen LogP contribution in [-0.2, 0) is 10.0 Å². The minimum absolute atomic E-state index is 0.199. The van der Waals surface area contributed by atoms with Crippen LogP contribution in [0.25, 0.3) is 33.7 Å². The zero-order valence-electron chi connectivity index (χ0n) is 17.0. The van der Waals surface area contributed by atoms with Crippen molar-refractivity contribution in [2.75, 3.05) is 5.32 Å².